The molecule has 0 fully saturated rings. The van der Waals surface area contributed by atoms with Crippen LogP contribution in [0.15, 0.2) is 60.0 Å². The fourth-order valence-corrected chi connectivity index (χ4v) is 4.11. The van der Waals surface area contributed by atoms with Crippen LogP contribution < -0.4 is 20.1 Å². The van der Waals surface area contributed by atoms with E-state index in [9.17, 15) is 4.79 Å². The van der Waals surface area contributed by atoms with Gasteiger partial charge in [0.2, 0.25) is 12.7 Å². The van der Waals surface area contributed by atoms with Crippen LogP contribution in [0.3, 0.4) is 0 Å². The molecule has 1 amide bonds. The van der Waals surface area contributed by atoms with Crippen molar-refractivity contribution < 1.29 is 14.3 Å². The van der Waals surface area contributed by atoms with Crippen molar-refractivity contribution in [1.29, 1.82) is 0 Å². The molecule has 29 heavy (non-hydrogen) atoms. The van der Waals surface area contributed by atoms with E-state index in [1.165, 1.54) is 10.4 Å². The maximum atomic E-state index is 12.5. The fraction of sp³-hybridized carbons (Fsp3) is 0.261. The summed E-state index contributed by atoms with van der Waals surface area (Å²) >= 11 is 1.68. The van der Waals surface area contributed by atoms with Gasteiger partial charge in [0, 0.05) is 16.6 Å². The molecule has 150 valence electrons. The molecule has 0 unspecified atom stereocenters. The summed E-state index contributed by atoms with van der Waals surface area (Å²) in [4.78, 5) is 13.7. The minimum Gasteiger partial charge on any atom is -0.454 e. The predicted molar refractivity (Wildman–Crippen MR) is 116 cm³/mol. The molecule has 0 spiro atoms. The summed E-state index contributed by atoms with van der Waals surface area (Å²) in [6.45, 7) is 4.78. The number of ether oxygens (including phenoxy) is 2. The Morgan fingerprint density at radius 1 is 1.03 bits per heavy atom. The Morgan fingerprint density at radius 3 is 2.52 bits per heavy atom. The molecule has 4 rings (SSSR count). The average molecular weight is 409 g/mol. The lowest BCUT2D eigenvalue weighted by atomic mass is 9.98. The van der Waals surface area contributed by atoms with Gasteiger partial charge >= 0.3 is 0 Å². The number of hydrogen-bond acceptors (Lipinski definition) is 5. The molecule has 2 heterocycles. The summed E-state index contributed by atoms with van der Waals surface area (Å²) in [6.07, 6.45) is 0. The molecule has 0 radical (unpaired) electrons. The molecule has 6 heteroatoms. The van der Waals surface area contributed by atoms with Gasteiger partial charge in [-0.1, -0.05) is 44.2 Å². The Balaban J connectivity index is 1.43. The summed E-state index contributed by atoms with van der Waals surface area (Å²) in [5, 5.41) is 8.37. The zero-order valence-corrected chi connectivity index (χ0v) is 17.3. The lowest BCUT2D eigenvalue weighted by Gasteiger charge is -2.19. The lowest BCUT2D eigenvalue weighted by molar-refractivity contribution is -0.115. The molecule has 1 atom stereocenters. The van der Waals surface area contributed by atoms with Crippen molar-refractivity contribution in [3.8, 4) is 11.5 Å². The third-order valence-corrected chi connectivity index (χ3v) is 5.82. The van der Waals surface area contributed by atoms with Gasteiger partial charge in [-0.3, -0.25) is 10.1 Å². The van der Waals surface area contributed by atoms with Crippen molar-refractivity contribution in [3.63, 3.8) is 0 Å². The molecule has 0 aliphatic carbocycles. The van der Waals surface area contributed by atoms with E-state index < -0.39 is 0 Å². The van der Waals surface area contributed by atoms with Crippen molar-refractivity contribution >= 4 is 22.9 Å². The number of amides is 1. The van der Waals surface area contributed by atoms with Gasteiger partial charge in [-0.05, 0) is 40.6 Å². The highest BCUT2D eigenvalue weighted by atomic mass is 32.1. The number of benzene rings is 2. The van der Waals surface area contributed by atoms with Crippen molar-refractivity contribution in [3.05, 3.63) is 76.0 Å². The average Bonchev–Trinajstić information content (AvgIpc) is 3.40. The molecule has 1 aromatic heterocycles. The second-order valence-corrected chi connectivity index (χ2v) is 8.25. The predicted octanol–water partition coefficient (Wildman–Crippen LogP) is 4.92. The van der Waals surface area contributed by atoms with E-state index in [0.717, 1.165) is 5.56 Å². The number of hydrogen-bond donors (Lipinski definition) is 2. The fourth-order valence-electron chi connectivity index (χ4n) is 3.29. The first kappa shape index (κ1) is 19.5. The molecule has 0 bridgehead atoms. The molecule has 3 aromatic rings. The number of fused-ring (bicyclic) bond motifs is 1. The molecule has 0 saturated carbocycles. The molecular weight excluding hydrogens is 384 g/mol. The van der Waals surface area contributed by atoms with Gasteiger partial charge in [0.25, 0.3) is 0 Å². The Morgan fingerprint density at radius 2 is 1.79 bits per heavy atom. The second-order valence-electron chi connectivity index (χ2n) is 7.27. The lowest BCUT2D eigenvalue weighted by Crippen LogP contribution is -2.31. The highest BCUT2D eigenvalue weighted by molar-refractivity contribution is 7.10. The van der Waals surface area contributed by atoms with Crippen LogP contribution in [0.5, 0.6) is 11.5 Å². The van der Waals surface area contributed by atoms with Crippen LogP contribution in [0, 0.1) is 0 Å². The molecule has 2 aromatic carbocycles. The number of carbonyl (C=O) groups is 1. The zero-order chi connectivity index (χ0) is 20.2. The number of thiophene rings is 1. The number of carbonyl (C=O) groups excluding carboxylic acids is 1. The standard InChI is InChI=1S/C23H24N2O3S/c1-15(2)16-5-7-17(8-6-16)23(21-4-3-11-29-21)24-13-22(26)25-18-9-10-19-20(12-18)28-14-27-19/h3-12,15,23-24H,13-14H2,1-2H3,(H,25,26)/t23-/m0/s1. The number of anilines is 1. The molecule has 5 nitrogen and oxygen atoms in total. The van der Waals surface area contributed by atoms with Gasteiger partial charge in [-0.15, -0.1) is 11.3 Å². The first-order valence-corrected chi connectivity index (χ1v) is 10.5. The van der Waals surface area contributed by atoms with E-state index in [1.807, 2.05) is 12.1 Å². The van der Waals surface area contributed by atoms with Crippen LogP contribution in [-0.4, -0.2) is 19.2 Å². The van der Waals surface area contributed by atoms with Gasteiger partial charge in [0.05, 0.1) is 12.6 Å². The number of nitrogens with one attached hydrogen (secondary N) is 2. The van der Waals surface area contributed by atoms with Crippen molar-refractivity contribution in [1.82, 2.24) is 5.32 Å². The maximum absolute atomic E-state index is 12.5. The van der Waals surface area contributed by atoms with E-state index in [4.69, 9.17) is 9.47 Å². The first-order valence-electron chi connectivity index (χ1n) is 9.66. The second kappa shape index (κ2) is 8.68. The summed E-state index contributed by atoms with van der Waals surface area (Å²) < 4.78 is 10.7. The van der Waals surface area contributed by atoms with E-state index >= 15 is 0 Å². The Kier molecular flexibility index (Phi) is 5.83. The van der Waals surface area contributed by atoms with E-state index in [0.29, 0.717) is 23.1 Å². The Hall–Kier alpha value is -2.83. The molecule has 1 aliphatic heterocycles. The smallest absolute Gasteiger partial charge is 0.238 e. The van der Waals surface area contributed by atoms with Gasteiger partial charge in [0.1, 0.15) is 0 Å². The maximum Gasteiger partial charge on any atom is 0.238 e. The van der Waals surface area contributed by atoms with E-state index in [2.05, 4.69) is 60.2 Å². The van der Waals surface area contributed by atoms with Gasteiger partial charge in [0.15, 0.2) is 11.5 Å². The quantitative estimate of drug-likeness (QED) is 0.583. The highest BCUT2D eigenvalue weighted by Crippen LogP contribution is 2.34. The third-order valence-electron chi connectivity index (χ3n) is 4.89. The molecular formula is C23H24N2O3S. The van der Waals surface area contributed by atoms with Crippen LogP contribution in [0.1, 0.15) is 41.8 Å². The SMILES string of the molecule is CC(C)c1ccc([C@H](NCC(=O)Nc2ccc3c(c2)OCO3)c2cccs2)cc1. The van der Waals surface area contributed by atoms with E-state index in [-0.39, 0.29) is 25.3 Å². The van der Waals surface area contributed by atoms with Crippen molar-refractivity contribution in [2.75, 3.05) is 18.7 Å². The van der Waals surface area contributed by atoms with Crippen molar-refractivity contribution in [2.24, 2.45) is 0 Å². The highest BCUT2D eigenvalue weighted by Gasteiger charge is 2.18. The van der Waals surface area contributed by atoms with Crippen LogP contribution in [0.2, 0.25) is 0 Å². The third kappa shape index (κ3) is 4.60. The van der Waals surface area contributed by atoms with Crippen LogP contribution in [0.25, 0.3) is 0 Å². The van der Waals surface area contributed by atoms with Gasteiger partial charge in [-0.25, -0.2) is 0 Å². The topological polar surface area (TPSA) is 59.6 Å². The summed E-state index contributed by atoms with van der Waals surface area (Å²) in [6, 6.07) is 18.1. The molecule has 0 saturated heterocycles. The monoisotopic (exact) mass is 408 g/mol. The minimum absolute atomic E-state index is 0.0290. The Bertz CT molecular complexity index is 968. The molecule has 2 N–H and O–H groups in total. The minimum atomic E-state index is -0.107. The van der Waals surface area contributed by atoms with Gasteiger partial charge < -0.3 is 14.8 Å². The van der Waals surface area contributed by atoms with Crippen molar-refractivity contribution in [2.45, 2.75) is 25.8 Å². The largest absolute Gasteiger partial charge is 0.454 e. The summed E-state index contributed by atoms with van der Waals surface area (Å²) in [5.74, 6) is 1.73. The van der Waals surface area contributed by atoms with Crippen LogP contribution in [-0.2, 0) is 4.79 Å². The Labute approximate surface area is 174 Å². The zero-order valence-electron chi connectivity index (χ0n) is 16.5. The first-order chi connectivity index (χ1) is 14.1. The summed E-state index contributed by atoms with van der Waals surface area (Å²) in [5.41, 5.74) is 3.14. The van der Waals surface area contributed by atoms with E-state index in [1.54, 1.807) is 23.5 Å². The van der Waals surface area contributed by atoms with Crippen LogP contribution in [0.4, 0.5) is 5.69 Å². The van der Waals surface area contributed by atoms with Gasteiger partial charge in [-0.2, -0.15) is 0 Å². The number of rotatable bonds is 7. The summed E-state index contributed by atoms with van der Waals surface area (Å²) in [7, 11) is 0. The normalized spacial score (nSPS) is 13.5. The van der Waals surface area contributed by atoms with Crippen LogP contribution >= 0.6 is 11.3 Å². The molecule has 1 aliphatic rings.